The number of amides is 1. The van der Waals surface area contributed by atoms with Crippen molar-refractivity contribution in [3.8, 4) is 0 Å². The summed E-state index contributed by atoms with van der Waals surface area (Å²) in [5.74, 6) is -1.32. The molecular formula is C26H34Cl2FN3O2. The summed E-state index contributed by atoms with van der Waals surface area (Å²) in [4.78, 5) is 13.4. The monoisotopic (exact) mass is 509 g/mol. The molecule has 1 aliphatic heterocycles. The number of unbranched alkanes of at least 4 members (excludes halogenated alkanes) is 1. The van der Waals surface area contributed by atoms with Gasteiger partial charge in [0.2, 0.25) is 5.91 Å². The first kappa shape index (κ1) is 26.9. The highest BCUT2D eigenvalue weighted by Crippen LogP contribution is 2.49. The molecule has 8 heteroatoms. The van der Waals surface area contributed by atoms with E-state index in [-0.39, 0.29) is 23.0 Å². The maximum atomic E-state index is 15.4. The lowest BCUT2D eigenvalue weighted by atomic mass is 9.68. The van der Waals surface area contributed by atoms with E-state index in [1.165, 1.54) is 6.07 Å². The maximum Gasteiger partial charge on any atom is 0.237 e. The first-order valence-corrected chi connectivity index (χ1v) is 12.4. The molecule has 34 heavy (non-hydrogen) atoms. The molecule has 1 amide bonds. The van der Waals surface area contributed by atoms with Crippen LogP contribution < -0.4 is 16.4 Å². The molecule has 1 saturated heterocycles. The molecule has 2 aromatic carbocycles. The lowest BCUT2D eigenvalue weighted by Crippen LogP contribution is -2.52. The van der Waals surface area contributed by atoms with Gasteiger partial charge in [0.1, 0.15) is 5.82 Å². The standard InChI is InChI=1S/C26H34Cl2FN3O2/c1-25(2,3)15-21-26(30,19-10-9-18(28)14-20(19)29)22(16-7-6-8-17(27)13-16)23(32-21)24(34)31-11-4-5-12-33/h6-10,13-14,21-23,32-33H,4-5,11-12,15,30H2,1-3H3,(H,31,34)/t21-,22-,23+,26+/m0/s1. The third-order valence-corrected chi connectivity index (χ3v) is 6.86. The first-order valence-electron chi connectivity index (χ1n) is 11.6. The maximum absolute atomic E-state index is 15.4. The van der Waals surface area contributed by atoms with Gasteiger partial charge in [0.05, 0.1) is 11.6 Å². The van der Waals surface area contributed by atoms with E-state index in [9.17, 15) is 4.79 Å². The predicted molar refractivity (Wildman–Crippen MR) is 136 cm³/mol. The molecular weight excluding hydrogens is 476 g/mol. The molecule has 4 atom stereocenters. The minimum atomic E-state index is -1.25. The van der Waals surface area contributed by atoms with E-state index in [1.54, 1.807) is 24.3 Å². The molecule has 0 aromatic heterocycles. The molecule has 3 rings (SSSR count). The molecule has 1 aliphatic rings. The number of halogens is 3. The van der Waals surface area contributed by atoms with E-state index < -0.39 is 29.4 Å². The third-order valence-electron chi connectivity index (χ3n) is 6.39. The second-order valence-electron chi connectivity index (χ2n) is 10.3. The van der Waals surface area contributed by atoms with Gasteiger partial charge in [0, 0.05) is 40.7 Å². The van der Waals surface area contributed by atoms with Gasteiger partial charge in [0.15, 0.2) is 0 Å². The fourth-order valence-electron chi connectivity index (χ4n) is 4.93. The van der Waals surface area contributed by atoms with E-state index in [2.05, 4.69) is 31.4 Å². The van der Waals surface area contributed by atoms with Crippen LogP contribution >= 0.6 is 23.2 Å². The van der Waals surface area contributed by atoms with Crippen molar-refractivity contribution in [3.05, 3.63) is 69.5 Å². The van der Waals surface area contributed by atoms with Gasteiger partial charge in [-0.2, -0.15) is 0 Å². The highest BCUT2D eigenvalue weighted by atomic mass is 35.5. The van der Waals surface area contributed by atoms with Crippen LogP contribution in [0.25, 0.3) is 0 Å². The minimum absolute atomic E-state index is 0.0676. The van der Waals surface area contributed by atoms with Crippen molar-refractivity contribution in [2.24, 2.45) is 11.1 Å². The summed E-state index contributed by atoms with van der Waals surface area (Å²) in [7, 11) is 0. The van der Waals surface area contributed by atoms with Crippen LogP contribution in [0.2, 0.25) is 10.0 Å². The third kappa shape index (κ3) is 5.92. The molecule has 1 heterocycles. The Bertz CT molecular complexity index is 1010. The summed E-state index contributed by atoms with van der Waals surface area (Å²) in [5, 5.41) is 16.2. The van der Waals surface area contributed by atoms with Crippen molar-refractivity contribution in [2.45, 2.75) is 63.6 Å². The highest BCUT2D eigenvalue weighted by molar-refractivity contribution is 6.30. The number of carbonyl (C=O) groups excluding carboxylic acids is 1. The van der Waals surface area contributed by atoms with Gasteiger partial charge in [-0.25, -0.2) is 4.39 Å². The van der Waals surface area contributed by atoms with Gasteiger partial charge in [-0.05, 0) is 54.5 Å². The zero-order valence-corrected chi connectivity index (χ0v) is 21.4. The van der Waals surface area contributed by atoms with E-state index in [0.29, 0.717) is 36.4 Å². The van der Waals surface area contributed by atoms with Gasteiger partial charge >= 0.3 is 0 Å². The van der Waals surface area contributed by atoms with Crippen molar-refractivity contribution in [1.82, 2.24) is 10.6 Å². The topological polar surface area (TPSA) is 87.4 Å². The number of carbonyl (C=O) groups is 1. The normalized spacial score (nSPS) is 24.9. The van der Waals surface area contributed by atoms with Crippen LogP contribution in [-0.2, 0) is 10.3 Å². The molecule has 0 radical (unpaired) electrons. The lowest BCUT2D eigenvalue weighted by molar-refractivity contribution is -0.123. The Kier molecular flexibility index (Phi) is 8.64. The van der Waals surface area contributed by atoms with Crippen molar-refractivity contribution in [2.75, 3.05) is 13.2 Å². The van der Waals surface area contributed by atoms with Gasteiger partial charge < -0.3 is 21.5 Å². The molecule has 5 nitrogen and oxygen atoms in total. The fraction of sp³-hybridized carbons (Fsp3) is 0.500. The Labute approximate surface area is 211 Å². The number of aliphatic hydroxyl groups is 1. The van der Waals surface area contributed by atoms with Crippen LogP contribution in [0.1, 0.15) is 57.1 Å². The zero-order valence-electron chi connectivity index (χ0n) is 19.9. The number of nitrogens with two attached hydrogens (primary N) is 1. The summed E-state index contributed by atoms with van der Waals surface area (Å²) in [6.07, 6.45) is 1.86. The molecule has 0 saturated carbocycles. The summed E-state index contributed by atoms with van der Waals surface area (Å²) >= 11 is 12.4. The van der Waals surface area contributed by atoms with Crippen LogP contribution in [0.3, 0.4) is 0 Å². The van der Waals surface area contributed by atoms with Crippen molar-refractivity contribution < 1.29 is 14.3 Å². The molecule has 0 spiro atoms. The number of hydrogen-bond acceptors (Lipinski definition) is 4. The van der Waals surface area contributed by atoms with Crippen LogP contribution in [0.15, 0.2) is 42.5 Å². The van der Waals surface area contributed by atoms with Gasteiger partial charge in [-0.3, -0.25) is 4.79 Å². The molecule has 5 N–H and O–H groups in total. The summed E-state index contributed by atoms with van der Waals surface area (Å²) in [5.41, 5.74) is 6.88. The summed E-state index contributed by atoms with van der Waals surface area (Å²) in [6, 6.07) is 10.6. The van der Waals surface area contributed by atoms with Gasteiger partial charge in [-0.1, -0.05) is 62.2 Å². The van der Waals surface area contributed by atoms with Crippen molar-refractivity contribution >= 4 is 29.1 Å². The van der Waals surface area contributed by atoms with Crippen LogP contribution in [0.5, 0.6) is 0 Å². The number of nitrogens with one attached hydrogen (secondary N) is 2. The number of rotatable bonds is 8. The zero-order chi connectivity index (χ0) is 25.1. The average molecular weight is 510 g/mol. The SMILES string of the molecule is CC(C)(C)C[C@@H]1N[C@@H](C(=O)NCCCCO)[C@H](c2cccc(Cl)c2)[C@@]1(N)c1ccc(Cl)cc1F. The van der Waals surface area contributed by atoms with Crippen LogP contribution in [-0.4, -0.2) is 36.2 Å². The Hall–Kier alpha value is -1.70. The Morgan fingerprint density at radius 2 is 1.88 bits per heavy atom. The summed E-state index contributed by atoms with van der Waals surface area (Å²) < 4.78 is 15.4. The van der Waals surface area contributed by atoms with Crippen LogP contribution in [0.4, 0.5) is 4.39 Å². The fourth-order valence-corrected chi connectivity index (χ4v) is 5.29. The molecule has 1 fully saturated rings. The highest BCUT2D eigenvalue weighted by Gasteiger charge is 2.57. The molecule has 2 aromatic rings. The minimum Gasteiger partial charge on any atom is -0.396 e. The Balaban J connectivity index is 2.14. The second kappa shape index (κ2) is 10.9. The van der Waals surface area contributed by atoms with E-state index in [0.717, 1.165) is 5.56 Å². The van der Waals surface area contributed by atoms with Crippen molar-refractivity contribution in [1.29, 1.82) is 0 Å². The van der Waals surface area contributed by atoms with E-state index in [1.807, 2.05) is 12.1 Å². The molecule has 0 aliphatic carbocycles. The molecule has 0 unspecified atom stereocenters. The predicted octanol–water partition coefficient (Wildman–Crippen LogP) is 4.74. The van der Waals surface area contributed by atoms with Crippen LogP contribution in [0, 0.1) is 11.2 Å². The number of aliphatic hydroxyl groups excluding tert-OH is 1. The van der Waals surface area contributed by atoms with E-state index >= 15 is 4.39 Å². The average Bonchev–Trinajstić information content (AvgIpc) is 3.02. The Morgan fingerprint density at radius 3 is 2.50 bits per heavy atom. The largest absolute Gasteiger partial charge is 0.396 e. The van der Waals surface area contributed by atoms with Gasteiger partial charge in [0.25, 0.3) is 0 Å². The second-order valence-corrected chi connectivity index (χ2v) is 11.1. The number of hydrogen-bond donors (Lipinski definition) is 4. The van der Waals surface area contributed by atoms with E-state index in [4.69, 9.17) is 34.0 Å². The molecule has 186 valence electrons. The molecule has 0 bridgehead atoms. The Morgan fingerprint density at radius 1 is 1.18 bits per heavy atom. The smallest absolute Gasteiger partial charge is 0.237 e. The first-order chi connectivity index (χ1) is 16.0. The lowest BCUT2D eigenvalue weighted by Gasteiger charge is -2.39. The quantitative estimate of drug-likeness (QED) is 0.387. The number of benzene rings is 2. The van der Waals surface area contributed by atoms with Gasteiger partial charge in [-0.15, -0.1) is 0 Å². The van der Waals surface area contributed by atoms with Crippen molar-refractivity contribution in [3.63, 3.8) is 0 Å². The summed E-state index contributed by atoms with van der Waals surface area (Å²) in [6.45, 7) is 6.76.